The molecule has 1 saturated heterocycles. The van der Waals surface area contributed by atoms with Gasteiger partial charge in [0.1, 0.15) is 0 Å². The maximum atomic E-state index is 4.30. The molecular formula is C12H20N2S. The standard InChI is InChI=1S/C12H20N2S/c1-10-11(15-9-13-10)8-14-6-4-12(2,3)5-7-14/h9H,4-8H2,1-3H3. The molecule has 3 heteroatoms. The molecule has 2 rings (SSSR count). The molecule has 1 aromatic heterocycles. The van der Waals surface area contributed by atoms with Crippen LogP contribution in [0.2, 0.25) is 0 Å². The molecule has 2 nitrogen and oxygen atoms in total. The first-order valence-electron chi connectivity index (χ1n) is 5.68. The Morgan fingerprint density at radius 3 is 2.60 bits per heavy atom. The zero-order chi connectivity index (χ0) is 10.9. The van der Waals surface area contributed by atoms with Gasteiger partial charge in [0.2, 0.25) is 0 Å². The normalized spacial score (nSPS) is 21.8. The molecule has 1 aromatic rings. The monoisotopic (exact) mass is 224 g/mol. The van der Waals surface area contributed by atoms with Crippen LogP contribution in [0.3, 0.4) is 0 Å². The van der Waals surface area contributed by atoms with Crippen molar-refractivity contribution in [3.8, 4) is 0 Å². The van der Waals surface area contributed by atoms with Crippen molar-refractivity contribution < 1.29 is 0 Å². The number of hydrogen-bond acceptors (Lipinski definition) is 3. The zero-order valence-corrected chi connectivity index (χ0v) is 10.7. The maximum absolute atomic E-state index is 4.30. The van der Waals surface area contributed by atoms with Crippen molar-refractivity contribution in [2.75, 3.05) is 13.1 Å². The van der Waals surface area contributed by atoms with Crippen molar-refractivity contribution in [2.45, 2.75) is 40.2 Å². The first-order valence-corrected chi connectivity index (χ1v) is 6.56. The Hall–Kier alpha value is -0.410. The second-order valence-electron chi connectivity index (χ2n) is 5.30. The minimum atomic E-state index is 0.555. The molecule has 0 aromatic carbocycles. The highest BCUT2D eigenvalue weighted by Gasteiger charge is 2.25. The third-order valence-electron chi connectivity index (χ3n) is 3.42. The third-order valence-corrected chi connectivity index (χ3v) is 4.34. The second-order valence-corrected chi connectivity index (χ2v) is 6.24. The Morgan fingerprint density at radius 2 is 2.07 bits per heavy atom. The summed E-state index contributed by atoms with van der Waals surface area (Å²) in [5, 5.41) is 0. The molecule has 0 saturated carbocycles. The van der Waals surface area contributed by atoms with Crippen LogP contribution in [-0.4, -0.2) is 23.0 Å². The summed E-state index contributed by atoms with van der Waals surface area (Å²) in [5.74, 6) is 0. The number of aromatic nitrogens is 1. The van der Waals surface area contributed by atoms with Crippen molar-refractivity contribution in [1.29, 1.82) is 0 Å². The molecule has 0 atom stereocenters. The Labute approximate surface area is 96.3 Å². The van der Waals surface area contributed by atoms with Gasteiger partial charge in [-0.1, -0.05) is 13.8 Å². The SMILES string of the molecule is Cc1ncsc1CN1CCC(C)(C)CC1. The van der Waals surface area contributed by atoms with E-state index in [0.717, 1.165) is 6.54 Å². The van der Waals surface area contributed by atoms with Crippen LogP contribution in [0.1, 0.15) is 37.3 Å². The number of hydrogen-bond donors (Lipinski definition) is 0. The second kappa shape index (κ2) is 4.22. The number of aryl methyl sites for hydroxylation is 1. The van der Waals surface area contributed by atoms with E-state index in [0.29, 0.717) is 5.41 Å². The summed E-state index contributed by atoms with van der Waals surface area (Å²) in [6.07, 6.45) is 2.65. The minimum absolute atomic E-state index is 0.555. The molecule has 0 unspecified atom stereocenters. The molecule has 0 amide bonds. The molecule has 0 bridgehead atoms. The molecule has 0 radical (unpaired) electrons. The smallest absolute Gasteiger partial charge is 0.0798 e. The predicted molar refractivity (Wildman–Crippen MR) is 65.1 cm³/mol. The lowest BCUT2D eigenvalue weighted by molar-refractivity contribution is 0.128. The predicted octanol–water partition coefficient (Wildman–Crippen LogP) is 3.07. The van der Waals surface area contributed by atoms with E-state index < -0.39 is 0 Å². The maximum Gasteiger partial charge on any atom is 0.0798 e. The van der Waals surface area contributed by atoms with Crippen molar-refractivity contribution in [3.63, 3.8) is 0 Å². The largest absolute Gasteiger partial charge is 0.298 e. The first-order chi connectivity index (χ1) is 7.07. The molecule has 0 N–H and O–H groups in total. The minimum Gasteiger partial charge on any atom is -0.298 e. The Morgan fingerprint density at radius 1 is 1.40 bits per heavy atom. The van der Waals surface area contributed by atoms with Gasteiger partial charge >= 0.3 is 0 Å². The number of rotatable bonds is 2. The van der Waals surface area contributed by atoms with Crippen molar-refractivity contribution in [3.05, 3.63) is 16.1 Å². The fourth-order valence-corrected chi connectivity index (χ4v) is 2.82. The van der Waals surface area contributed by atoms with Crippen LogP contribution in [0, 0.1) is 12.3 Å². The van der Waals surface area contributed by atoms with E-state index in [9.17, 15) is 0 Å². The molecule has 1 aliphatic heterocycles. The lowest BCUT2D eigenvalue weighted by Gasteiger charge is -2.36. The molecule has 0 spiro atoms. The third kappa shape index (κ3) is 2.79. The number of nitrogens with zero attached hydrogens (tertiary/aromatic N) is 2. The van der Waals surface area contributed by atoms with Gasteiger partial charge in [-0.25, -0.2) is 4.98 Å². The van der Waals surface area contributed by atoms with Gasteiger partial charge in [-0.2, -0.15) is 0 Å². The van der Waals surface area contributed by atoms with Crippen LogP contribution in [0.5, 0.6) is 0 Å². The fraction of sp³-hybridized carbons (Fsp3) is 0.750. The zero-order valence-electron chi connectivity index (χ0n) is 9.92. The van der Waals surface area contributed by atoms with Crippen LogP contribution < -0.4 is 0 Å². The summed E-state index contributed by atoms with van der Waals surface area (Å²) >= 11 is 1.79. The Balaban J connectivity index is 1.90. The molecule has 15 heavy (non-hydrogen) atoms. The van der Waals surface area contributed by atoms with Gasteiger partial charge < -0.3 is 0 Å². The van der Waals surface area contributed by atoms with Gasteiger partial charge in [-0.05, 0) is 38.3 Å². The molecule has 1 fully saturated rings. The summed E-state index contributed by atoms with van der Waals surface area (Å²) in [7, 11) is 0. The highest BCUT2D eigenvalue weighted by atomic mass is 32.1. The summed E-state index contributed by atoms with van der Waals surface area (Å²) in [6, 6.07) is 0. The van der Waals surface area contributed by atoms with E-state index >= 15 is 0 Å². The number of likely N-dealkylation sites (tertiary alicyclic amines) is 1. The van der Waals surface area contributed by atoms with Crippen LogP contribution >= 0.6 is 11.3 Å². The van der Waals surface area contributed by atoms with Crippen LogP contribution in [0.25, 0.3) is 0 Å². The molecule has 0 aliphatic carbocycles. The molecule has 2 heterocycles. The van der Waals surface area contributed by atoms with Crippen molar-refractivity contribution in [1.82, 2.24) is 9.88 Å². The average Bonchev–Trinajstić information content (AvgIpc) is 2.56. The fourth-order valence-electron chi connectivity index (χ4n) is 2.00. The topological polar surface area (TPSA) is 16.1 Å². The van der Waals surface area contributed by atoms with Crippen molar-refractivity contribution >= 4 is 11.3 Å². The highest BCUT2D eigenvalue weighted by Crippen LogP contribution is 2.30. The van der Waals surface area contributed by atoms with Crippen LogP contribution in [0.4, 0.5) is 0 Å². The molecule has 84 valence electrons. The van der Waals surface area contributed by atoms with Gasteiger partial charge in [0.25, 0.3) is 0 Å². The lowest BCUT2D eigenvalue weighted by atomic mass is 9.83. The van der Waals surface area contributed by atoms with E-state index in [1.54, 1.807) is 11.3 Å². The quantitative estimate of drug-likeness (QED) is 0.767. The number of piperidine rings is 1. The lowest BCUT2D eigenvalue weighted by Crippen LogP contribution is -2.36. The van der Waals surface area contributed by atoms with Crippen LogP contribution in [-0.2, 0) is 6.54 Å². The average molecular weight is 224 g/mol. The summed E-state index contributed by atoms with van der Waals surface area (Å²) in [5.41, 5.74) is 3.72. The van der Waals surface area contributed by atoms with Gasteiger partial charge in [0, 0.05) is 11.4 Å². The summed E-state index contributed by atoms with van der Waals surface area (Å²) in [6.45, 7) is 10.4. The van der Waals surface area contributed by atoms with Gasteiger partial charge in [0.05, 0.1) is 11.2 Å². The summed E-state index contributed by atoms with van der Waals surface area (Å²) in [4.78, 5) is 8.30. The van der Waals surface area contributed by atoms with E-state index in [2.05, 4.69) is 30.7 Å². The van der Waals surface area contributed by atoms with Gasteiger partial charge in [-0.15, -0.1) is 11.3 Å². The number of thiazole rings is 1. The molecule has 1 aliphatic rings. The van der Waals surface area contributed by atoms with E-state index in [1.165, 1.54) is 36.5 Å². The Bertz CT molecular complexity index is 320. The molecular weight excluding hydrogens is 204 g/mol. The highest BCUT2D eigenvalue weighted by molar-refractivity contribution is 7.09. The van der Waals surface area contributed by atoms with Gasteiger partial charge in [0.15, 0.2) is 0 Å². The van der Waals surface area contributed by atoms with Crippen molar-refractivity contribution in [2.24, 2.45) is 5.41 Å². The Kier molecular flexibility index (Phi) is 3.12. The summed E-state index contributed by atoms with van der Waals surface area (Å²) < 4.78 is 0. The van der Waals surface area contributed by atoms with E-state index in [-0.39, 0.29) is 0 Å². The van der Waals surface area contributed by atoms with E-state index in [4.69, 9.17) is 0 Å². The van der Waals surface area contributed by atoms with Gasteiger partial charge in [-0.3, -0.25) is 4.90 Å². The van der Waals surface area contributed by atoms with Crippen LogP contribution in [0.15, 0.2) is 5.51 Å². The first kappa shape index (κ1) is 11.1. The van der Waals surface area contributed by atoms with E-state index in [1.807, 2.05) is 5.51 Å².